The monoisotopic (exact) mass is 353 g/mol. The van der Waals surface area contributed by atoms with E-state index in [9.17, 15) is 4.79 Å². The number of hydrogen-bond donors (Lipinski definition) is 1. The van der Waals surface area contributed by atoms with E-state index >= 15 is 0 Å². The first-order valence-corrected chi connectivity index (χ1v) is 8.99. The van der Waals surface area contributed by atoms with Gasteiger partial charge in [0, 0.05) is 22.6 Å². The standard InChI is InChI=1S/C19H19N3O2S/c1-13-8-9-14(2)16(12-13)18-21-22-19(24-18)20-17(23)10-11-25-15-6-4-3-5-7-15/h3-9,12H,10-11H2,1-2H3,(H,20,22,23). The number of aryl methyl sites for hydroxylation is 2. The largest absolute Gasteiger partial charge is 0.403 e. The Bertz CT molecular complexity index is 862. The van der Waals surface area contributed by atoms with Gasteiger partial charge in [-0.15, -0.1) is 16.9 Å². The summed E-state index contributed by atoms with van der Waals surface area (Å²) < 4.78 is 5.58. The van der Waals surface area contributed by atoms with E-state index in [1.165, 1.54) is 0 Å². The summed E-state index contributed by atoms with van der Waals surface area (Å²) >= 11 is 1.64. The summed E-state index contributed by atoms with van der Waals surface area (Å²) in [6.07, 6.45) is 0.376. The number of nitrogens with one attached hydrogen (secondary N) is 1. The first-order valence-electron chi connectivity index (χ1n) is 8.00. The van der Waals surface area contributed by atoms with Crippen molar-refractivity contribution in [3.8, 4) is 11.5 Å². The van der Waals surface area contributed by atoms with Gasteiger partial charge in [-0.05, 0) is 37.6 Å². The van der Waals surface area contributed by atoms with Crippen molar-refractivity contribution >= 4 is 23.7 Å². The van der Waals surface area contributed by atoms with Crippen LogP contribution < -0.4 is 5.32 Å². The molecule has 0 saturated carbocycles. The molecule has 128 valence electrons. The number of anilines is 1. The molecule has 0 spiro atoms. The number of thioether (sulfide) groups is 1. The number of amides is 1. The third kappa shape index (κ3) is 4.70. The maximum absolute atomic E-state index is 12.0. The van der Waals surface area contributed by atoms with Crippen molar-refractivity contribution in [1.82, 2.24) is 10.2 Å². The average Bonchev–Trinajstić information content (AvgIpc) is 3.06. The van der Waals surface area contributed by atoms with E-state index in [-0.39, 0.29) is 11.9 Å². The minimum absolute atomic E-state index is 0.130. The lowest BCUT2D eigenvalue weighted by Gasteiger charge is -2.02. The fraction of sp³-hybridized carbons (Fsp3) is 0.211. The molecule has 0 fully saturated rings. The van der Waals surface area contributed by atoms with E-state index < -0.39 is 0 Å². The van der Waals surface area contributed by atoms with Crippen LogP contribution in [-0.2, 0) is 4.79 Å². The summed E-state index contributed by atoms with van der Waals surface area (Å²) in [6.45, 7) is 3.99. The summed E-state index contributed by atoms with van der Waals surface area (Å²) in [5.41, 5.74) is 3.04. The van der Waals surface area contributed by atoms with Gasteiger partial charge in [0.2, 0.25) is 11.8 Å². The second-order valence-corrected chi connectivity index (χ2v) is 6.86. The lowest BCUT2D eigenvalue weighted by Crippen LogP contribution is -2.12. The Morgan fingerprint density at radius 2 is 1.92 bits per heavy atom. The maximum Gasteiger partial charge on any atom is 0.322 e. The molecule has 25 heavy (non-hydrogen) atoms. The molecule has 0 bridgehead atoms. The normalized spacial score (nSPS) is 10.6. The van der Waals surface area contributed by atoms with E-state index in [1.54, 1.807) is 11.8 Å². The molecule has 1 heterocycles. The molecule has 0 radical (unpaired) electrons. The van der Waals surface area contributed by atoms with Crippen LogP contribution in [0.25, 0.3) is 11.5 Å². The van der Waals surface area contributed by atoms with Gasteiger partial charge >= 0.3 is 6.01 Å². The zero-order chi connectivity index (χ0) is 17.6. The molecule has 5 nitrogen and oxygen atoms in total. The molecule has 1 amide bonds. The summed E-state index contributed by atoms with van der Waals surface area (Å²) in [5.74, 6) is 0.961. The summed E-state index contributed by atoms with van der Waals surface area (Å²) in [5, 5.41) is 10.6. The lowest BCUT2D eigenvalue weighted by molar-refractivity contribution is -0.115. The van der Waals surface area contributed by atoms with Crippen molar-refractivity contribution in [3.63, 3.8) is 0 Å². The van der Waals surface area contributed by atoms with Crippen LogP contribution in [0, 0.1) is 13.8 Å². The molecule has 0 saturated heterocycles. The molecule has 1 aromatic heterocycles. The van der Waals surface area contributed by atoms with Gasteiger partial charge in [0.1, 0.15) is 0 Å². The second-order valence-electron chi connectivity index (χ2n) is 5.69. The highest BCUT2D eigenvalue weighted by Crippen LogP contribution is 2.24. The second kappa shape index (κ2) is 7.98. The summed E-state index contributed by atoms with van der Waals surface area (Å²) in [7, 11) is 0. The number of nitrogens with zero attached hydrogens (tertiary/aromatic N) is 2. The number of aromatic nitrogens is 2. The minimum atomic E-state index is -0.139. The average molecular weight is 353 g/mol. The molecular weight excluding hydrogens is 334 g/mol. The van der Waals surface area contributed by atoms with Crippen molar-refractivity contribution in [2.45, 2.75) is 25.2 Å². The Labute approximate surface area is 150 Å². The number of rotatable bonds is 6. The molecule has 2 aromatic carbocycles. The van der Waals surface area contributed by atoms with Gasteiger partial charge in [0.15, 0.2) is 0 Å². The van der Waals surface area contributed by atoms with E-state index in [1.807, 2.05) is 62.4 Å². The zero-order valence-electron chi connectivity index (χ0n) is 14.2. The van der Waals surface area contributed by atoms with Gasteiger partial charge in [-0.3, -0.25) is 10.1 Å². The van der Waals surface area contributed by atoms with Gasteiger partial charge in [-0.25, -0.2) is 0 Å². The molecule has 0 atom stereocenters. The minimum Gasteiger partial charge on any atom is -0.403 e. The van der Waals surface area contributed by atoms with Crippen molar-refractivity contribution < 1.29 is 9.21 Å². The third-order valence-corrected chi connectivity index (χ3v) is 4.65. The molecular formula is C19H19N3O2S. The molecule has 3 aromatic rings. The van der Waals surface area contributed by atoms with Gasteiger partial charge in [-0.1, -0.05) is 41.0 Å². The van der Waals surface area contributed by atoms with E-state index in [0.29, 0.717) is 18.1 Å². The Kier molecular flexibility index (Phi) is 5.50. The lowest BCUT2D eigenvalue weighted by atomic mass is 10.1. The van der Waals surface area contributed by atoms with Gasteiger partial charge in [0.05, 0.1) is 0 Å². The first-order chi connectivity index (χ1) is 12.1. The van der Waals surface area contributed by atoms with Gasteiger partial charge in [-0.2, -0.15) is 0 Å². The SMILES string of the molecule is Cc1ccc(C)c(-c2nnc(NC(=O)CCSc3ccccc3)o2)c1. The maximum atomic E-state index is 12.0. The highest BCUT2D eigenvalue weighted by atomic mass is 32.2. The van der Waals surface area contributed by atoms with Gasteiger partial charge in [0.25, 0.3) is 0 Å². The molecule has 0 unspecified atom stereocenters. The fourth-order valence-electron chi connectivity index (χ4n) is 2.31. The highest BCUT2D eigenvalue weighted by Gasteiger charge is 2.13. The van der Waals surface area contributed by atoms with Crippen LogP contribution in [-0.4, -0.2) is 21.9 Å². The Balaban J connectivity index is 1.56. The number of carbonyl (C=O) groups excluding carboxylic acids is 1. The zero-order valence-corrected chi connectivity index (χ0v) is 15.0. The smallest absolute Gasteiger partial charge is 0.322 e. The van der Waals surface area contributed by atoms with E-state index in [2.05, 4.69) is 15.5 Å². The van der Waals surface area contributed by atoms with Crippen LogP contribution in [0.5, 0.6) is 0 Å². The highest BCUT2D eigenvalue weighted by molar-refractivity contribution is 7.99. The Morgan fingerprint density at radius 1 is 1.12 bits per heavy atom. The van der Waals surface area contributed by atoms with E-state index in [0.717, 1.165) is 21.6 Å². The van der Waals surface area contributed by atoms with Crippen LogP contribution in [0.4, 0.5) is 6.01 Å². The molecule has 0 aliphatic heterocycles. The summed E-state index contributed by atoms with van der Waals surface area (Å²) in [6, 6.07) is 16.1. The third-order valence-electron chi connectivity index (χ3n) is 3.64. The topological polar surface area (TPSA) is 68.0 Å². The van der Waals surface area contributed by atoms with Crippen molar-refractivity contribution in [2.75, 3.05) is 11.1 Å². The van der Waals surface area contributed by atoms with Crippen LogP contribution in [0.3, 0.4) is 0 Å². The first kappa shape index (κ1) is 17.2. The predicted octanol–water partition coefficient (Wildman–Crippen LogP) is 4.47. The molecule has 0 aliphatic rings. The quantitative estimate of drug-likeness (QED) is 0.662. The molecule has 0 aliphatic carbocycles. The van der Waals surface area contributed by atoms with Crippen LogP contribution in [0.2, 0.25) is 0 Å². The molecule has 3 rings (SSSR count). The Morgan fingerprint density at radius 3 is 2.72 bits per heavy atom. The Hall–Kier alpha value is -2.60. The number of benzene rings is 2. The van der Waals surface area contributed by atoms with Gasteiger partial charge < -0.3 is 4.42 Å². The summed E-state index contributed by atoms with van der Waals surface area (Å²) in [4.78, 5) is 13.2. The molecule has 6 heteroatoms. The number of hydrogen-bond acceptors (Lipinski definition) is 5. The van der Waals surface area contributed by atoms with Crippen LogP contribution in [0.15, 0.2) is 57.8 Å². The van der Waals surface area contributed by atoms with Crippen molar-refractivity contribution in [3.05, 3.63) is 59.7 Å². The van der Waals surface area contributed by atoms with Crippen molar-refractivity contribution in [2.24, 2.45) is 0 Å². The van der Waals surface area contributed by atoms with Crippen LogP contribution in [0.1, 0.15) is 17.5 Å². The van der Waals surface area contributed by atoms with E-state index in [4.69, 9.17) is 4.42 Å². The van der Waals surface area contributed by atoms with Crippen molar-refractivity contribution in [1.29, 1.82) is 0 Å². The molecule has 1 N–H and O–H groups in total. The number of carbonyl (C=O) groups is 1. The fourth-order valence-corrected chi connectivity index (χ4v) is 3.18. The predicted molar refractivity (Wildman–Crippen MR) is 99.6 cm³/mol. The van der Waals surface area contributed by atoms with Crippen LogP contribution >= 0.6 is 11.8 Å².